The fraction of sp³-hybridized carbons (Fsp3) is 0.640. The fourth-order valence-electron chi connectivity index (χ4n) is 5.44. The van der Waals surface area contributed by atoms with Crippen molar-refractivity contribution in [2.24, 2.45) is 0 Å². The number of nitrogens with zero attached hydrogens (tertiary/aromatic N) is 2. The Morgan fingerprint density at radius 2 is 1.78 bits per heavy atom. The number of phosphoric acid groups is 3. The van der Waals surface area contributed by atoms with Crippen molar-refractivity contribution in [2.45, 2.75) is 74.6 Å². The number of rotatable bonds is 19. The normalized spacial score (nSPS) is 25.5. The second-order valence-electron chi connectivity index (χ2n) is 11.6. The third kappa shape index (κ3) is 13.4. The summed E-state index contributed by atoms with van der Waals surface area (Å²) in [6.45, 7) is -0.196. The zero-order valence-electron chi connectivity index (χ0n) is 26.9. The number of nitrogens with two attached hydrogens (primary N) is 1. The number of hydrogen-bond acceptors (Lipinski definition) is 14. The fourth-order valence-corrected chi connectivity index (χ4v) is 10.0. The van der Waals surface area contributed by atoms with Crippen LogP contribution in [0.25, 0.3) is 6.08 Å². The van der Waals surface area contributed by atoms with Crippen LogP contribution in [0.15, 0.2) is 17.1 Å². The number of thioether (sulfide) groups is 1. The number of phosphoric ester groups is 1. The van der Waals surface area contributed by atoms with E-state index in [-0.39, 0.29) is 66.8 Å². The Bertz CT molecular complexity index is 1680. The van der Waals surface area contributed by atoms with Gasteiger partial charge in [0.15, 0.2) is 0 Å². The molecule has 3 aliphatic rings. The van der Waals surface area contributed by atoms with E-state index in [4.69, 9.17) is 20.3 Å². The monoisotopic (exact) mass is 803 g/mol. The smallest absolute Gasteiger partial charge is 0.383 e. The summed E-state index contributed by atoms with van der Waals surface area (Å²) in [7, 11) is -16.6. The molecule has 22 nitrogen and oxygen atoms in total. The highest BCUT2D eigenvalue weighted by Crippen LogP contribution is 2.66. The lowest BCUT2D eigenvalue weighted by Crippen LogP contribution is -2.37. The first kappa shape index (κ1) is 41.1. The number of ether oxygens (including phenoxy) is 1. The van der Waals surface area contributed by atoms with Gasteiger partial charge in [0.1, 0.15) is 12.0 Å². The van der Waals surface area contributed by atoms with Crippen molar-refractivity contribution in [3.05, 3.63) is 28.3 Å². The van der Waals surface area contributed by atoms with Crippen molar-refractivity contribution < 1.29 is 65.5 Å². The first-order chi connectivity index (χ1) is 23.9. The molecule has 7 atom stereocenters. The average Bonchev–Trinajstić information content (AvgIpc) is 3.72. The molecule has 3 saturated heterocycles. The lowest BCUT2D eigenvalue weighted by molar-refractivity contribution is -0.122. The van der Waals surface area contributed by atoms with Gasteiger partial charge in [0.25, 0.3) is 0 Å². The summed E-state index contributed by atoms with van der Waals surface area (Å²) in [6, 6.07) is 0.102. The molecule has 0 bridgehead atoms. The number of urea groups is 1. The van der Waals surface area contributed by atoms with E-state index in [1.807, 2.05) is 0 Å². The van der Waals surface area contributed by atoms with Crippen molar-refractivity contribution in [3.63, 3.8) is 0 Å². The van der Waals surface area contributed by atoms with Crippen LogP contribution in [0.3, 0.4) is 0 Å². The number of nitrogen functional groups attached to an aromatic ring is 1. The number of carbonyl (C=O) groups excluding carboxylic acids is 3. The maximum absolute atomic E-state index is 12.5. The number of aromatic nitrogens is 2. The van der Waals surface area contributed by atoms with Crippen LogP contribution in [-0.2, 0) is 41.2 Å². The van der Waals surface area contributed by atoms with Gasteiger partial charge < -0.3 is 51.3 Å². The molecular formula is C25H40N7O15P3S. The van der Waals surface area contributed by atoms with E-state index in [0.29, 0.717) is 31.4 Å². The van der Waals surface area contributed by atoms with Crippen LogP contribution in [0.5, 0.6) is 0 Å². The van der Waals surface area contributed by atoms with Gasteiger partial charge in [-0.25, -0.2) is 23.3 Å². The Hall–Kier alpha value is -2.65. The van der Waals surface area contributed by atoms with Gasteiger partial charge in [0, 0.05) is 48.7 Å². The molecule has 1 aromatic rings. The zero-order chi connectivity index (χ0) is 37.4. The number of hydrogen-bond donors (Lipinski definition) is 9. The van der Waals surface area contributed by atoms with Gasteiger partial charge in [-0.05, 0) is 32.1 Å². The Morgan fingerprint density at radius 3 is 2.53 bits per heavy atom. The quantitative estimate of drug-likeness (QED) is 0.0513. The molecule has 10 N–H and O–H groups in total. The minimum atomic E-state index is -5.67. The summed E-state index contributed by atoms with van der Waals surface area (Å²) in [6.07, 6.45) is 5.58. The van der Waals surface area contributed by atoms with Gasteiger partial charge in [-0.2, -0.15) is 25.4 Å². The first-order valence-corrected chi connectivity index (χ1v) is 21.2. The van der Waals surface area contributed by atoms with E-state index in [0.717, 1.165) is 16.7 Å². The van der Waals surface area contributed by atoms with Gasteiger partial charge in [-0.1, -0.05) is 12.2 Å². The Balaban J connectivity index is 1.13. The van der Waals surface area contributed by atoms with Gasteiger partial charge in [-0.3, -0.25) is 18.7 Å². The van der Waals surface area contributed by atoms with E-state index in [1.54, 1.807) is 17.8 Å². The molecule has 4 rings (SSSR count). The van der Waals surface area contributed by atoms with Crippen molar-refractivity contribution in [3.8, 4) is 0 Å². The molecule has 1 aromatic heterocycles. The third-order valence-corrected chi connectivity index (χ3v) is 13.0. The minimum absolute atomic E-state index is 0.0923. The van der Waals surface area contributed by atoms with Crippen molar-refractivity contribution in [1.29, 1.82) is 0 Å². The van der Waals surface area contributed by atoms with Gasteiger partial charge in [0.2, 0.25) is 11.8 Å². The molecular weight excluding hydrogens is 763 g/mol. The van der Waals surface area contributed by atoms with E-state index < -0.39 is 48.1 Å². The maximum atomic E-state index is 12.5. The molecule has 4 heterocycles. The van der Waals surface area contributed by atoms with Crippen LogP contribution in [0.4, 0.5) is 10.6 Å². The number of anilines is 1. The highest BCUT2D eigenvalue weighted by atomic mass is 32.2. The largest absolute Gasteiger partial charge is 0.490 e. The average molecular weight is 804 g/mol. The molecule has 286 valence electrons. The summed E-state index contributed by atoms with van der Waals surface area (Å²) < 4.78 is 52.9. The molecule has 26 heteroatoms. The summed E-state index contributed by atoms with van der Waals surface area (Å²) in [5.74, 6) is 0.428. The molecule has 0 aromatic carbocycles. The SMILES string of the molecule is Nc1nc(=O)n([C@H]2CC[C@@H](COP(=O)(O)OP(=O)(O)OP(=O)(O)O)O2)cc1/C=C/CNC(=O)CCCNC(=O)CCCC1SCC2NC(=O)NC21. The standard InChI is InChI=1S/C25H40N7O15P3S/c26-23-15(4-2-10-27-20(34)7-3-11-28-19(33)6-1-5-18-22-17(14-51-18)29-24(35)30-22)12-32(25(36)31-23)21-9-8-16(45-21)13-44-49(40,41)47-50(42,43)46-48(37,38)39/h2,4,12,16-18,21-22H,1,3,5-11,13-14H2,(H,27,34)(H,28,33)(H,40,41)(H,42,43)(H2,26,31,36)(H2,29,30,35)(H2,37,38,39)/b4-2+/t16-,17?,18?,21+,22?/m0/s1. The predicted octanol–water partition coefficient (Wildman–Crippen LogP) is 0.208. The second-order valence-corrected chi connectivity index (χ2v) is 17.3. The summed E-state index contributed by atoms with van der Waals surface area (Å²) in [4.78, 5) is 88.3. The number of fused-ring (bicyclic) bond motifs is 1. The molecule has 3 fully saturated rings. The van der Waals surface area contributed by atoms with Gasteiger partial charge >= 0.3 is 35.2 Å². The molecule has 5 unspecified atom stereocenters. The van der Waals surface area contributed by atoms with Gasteiger partial charge in [-0.15, -0.1) is 0 Å². The van der Waals surface area contributed by atoms with Crippen LogP contribution < -0.4 is 32.7 Å². The molecule has 51 heavy (non-hydrogen) atoms. The Labute approximate surface area is 295 Å². The predicted molar refractivity (Wildman–Crippen MR) is 179 cm³/mol. The Kier molecular flexibility index (Phi) is 14.4. The van der Waals surface area contributed by atoms with Crippen molar-refractivity contribution in [2.75, 3.05) is 31.2 Å². The Morgan fingerprint density at radius 1 is 1.06 bits per heavy atom. The molecule has 0 aliphatic carbocycles. The van der Waals surface area contributed by atoms with Crippen molar-refractivity contribution >= 4 is 65.0 Å². The molecule has 0 spiro atoms. The lowest BCUT2D eigenvalue weighted by Gasteiger charge is -2.19. The van der Waals surface area contributed by atoms with Crippen LogP contribution >= 0.6 is 35.2 Å². The van der Waals surface area contributed by atoms with Crippen LogP contribution in [-0.4, -0.2) is 95.9 Å². The van der Waals surface area contributed by atoms with E-state index in [9.17, 15) is 42.7 Å². The highest BCUT2D eigenvalue weighted by molar-refractivity contribution is 8.00. The van der Waals surface area contributed by atoms with E-state index >= 15 is 0 Å². The summed E-state index contributed by atoms with van der Waals surface area (Å²) in [5.41, 5.74) is 5.45. The van der Waals surface area contributed by atoms with E-state index in [2.05, 4.69) is 39.4 Å². The molecule has 0 saturated carbocycles. The molecule has 3 aliphatic heterocycles. The van der Waals surface area contributed by atoms with Crippen LogP contribution in [0.1, 0.15) is 56.7 Å². The topological polar surface area (TPSA) is 329 Å². The third-order valence-electron chi connectivity index (χ3n) is 7.69. The van der Waals surface area contributed by atoms with E-state index in [1.165, 1.54) is 12.3 Å². The zero-order valence-corrected chi connectivity index (χ0v) is 30.4. The second kappa shape index (κ2) is 17.9. The highest BCUT2D eigenvalue weighted by Gasteiger charge is 2.43. The summed E-state index contributed by atoms with van der Waals surface area (Å²) >= 11 is 1.79. The molecule has 4 amide bonds. The number of amides is 4. The minimum Gasteiger partial charge on any atom is -0.383 e. The van der Waals surface area contributed by atoms with Crippen LogP contribution in [0, 0.1) is 0 Å². The van der Waals surface area contributed by atoms with Crippen LogP contribution in [0.2, 0.25) is 0 Å². The number of nitrogens with one attached hydrogen (secondary N) is 4. The van der Waals surface area contributed by atoms with Crippen molar-refractivity contribution in [1.82, 2.24) is 30.8 Å². The summed E-state index contributed by atoms with van der Waals surface area (Å²) in [5, 5.41) is 11.6. The molecule has 0 radical (unpaired) electrons. The maximum Gasteiger partial charge on any atom is 0.490 e. The van der Waals surface area contributed by atoms with Gasteiger partial charge in [0.05, 0.1) is 24.8 Å². The first-order valence-electron chi connectivity index (χ1n) is 15.6. The lowest BCUT2D eigenvalue weighted by atomic mass is 10.0. The number of carbonyl (C=O) groups is 3.